The van der Waals surface area contributed by atoms with Crippen molar-refractivity contribution < 1.29 is 23.7 Å². The van der Waals surface area contributed by atoms with Crippen molar-refractivity contribution in [2.75, 3.05) is 55.7 Å². The van der Waals surface area contributed by atoms with E-state index in [2.05, 4.69) is 5.32 Å². The van der Waals surface area contributed by atoms with E-state index in [4.69, 9.17) is 23.7 Å². The highest BCUT2D eigenvalue weighted by Crippen LogP contribution is 2.16. The van der Waals surface area contributed by atoms with Crippen LogP contribution in [0.5, 0.6) is 0 Å². The standard InChI is InChI=1S/C12H27NO5/c1-13-7-9(15-3)11(17-5)12(18-6)10(16-4)8-14-2/h9-13H,7-8H2,1-6H3/t9?,10?,11-,12?/m0/s1. The van der Waals surface area contributed by atoms with Gasteiger partial charge < -0.3 is 29.0 Å². The summed E-state index contributed by atoms with van der Waals surface area (Å²) in [6.45, 7) is 1.10. The van der Waals surface area contributed by atoms with Crippen LogP contribution in [0.2, 0.25) is 0 Å². The zero-order valence-corrected chi connectivity index (χ0v) is 12.3. The van der Waals surface area contributed by atoms with E-state index in [0.717, 1.165) is 0 Å². The molecule has 110 valence electrons. The lowest BCUT2D eigenvalue weighted by molar-refractivity contribution is -0.157. The molecule has 0 heterocycles. The van der Waals surface area contributed by atoms with E-state index < -0.39 is 0 Å². The summed E-state index contributed by atoms with van der Waals surface area (Å²) >= 11 is 0. The molecule has 0 amide bonds. The van der Waals surface area contributed by atoms with E-state index in [1.165, 1.54) is 0 Å². The van der Waals surface area contributed by atoms with Crippen LogP contribution in [0.1, 0.15) is 0 Å². The third kappa shape index (κ3) is 5.17. The second kappa shape index (κ2) is 10.7. The van der Waals surface area contributed by atoms with Gasteiger partial charge in [0.15, 0.2) is 0 Å². The van der Waals surface area contributed by atoms with Crippen molar-refractivity contribution in [1.29, 1.82) is 0 Å². The molecule has 0 bridgehead atoms. The SMILES string of the molecule is CNCC(OC)[C@H](OC)C(OC)C(COC)OC. The molecule has 0 aliphatic carbocycles. The summed E-state index contributed by atoms with van der Waals surface area (Å²) in [6, 6.07) is 0. The van der Waals surface area contributed by atoms with E-state index in [-0.39, 0.29) is 24.4 Å². The predicted molar refractivity (Wildman–Crippen MR) is 69.0 cm³/mol. The van der Waals surface area contributed by atoms with Gasteiger partial charge in [-0.25, -0.2) is 0 Å². The minimum Gasteiger partial charge on any atom is -0.382 e. The monoisotopic (exact) mass is 265 g/mol. The fraction of sp³-hybridized carbons (Fsp3) is 1.00. The van der Waals surface area contributed by atoms with Gasteiger partial charge >= 0.3 is 0 Å². The molecule has 3 unspecified atom stereocenters. The van der Waals surface area contributed by atoms with Crippen molar-refractivity contribution in [2.24, 2.45) is 0 Å². The Morgan fingerprint density at radius 1 is 0.778 bits per heavy atom. The van der Waals surface area contributed by atoms with Crippen LogP contribution < -0.4 is 5.32 Å². The molecule has 0 radical (unpaired) electrons. The normalized spacial score (nSPS) is 18.3. The molecule has 0 rings (SSSR count). The Balaban J connectivity index is 4.81. The van der Waals surface area contributed by atoms with Crippen molar-refractivity contribution >= 4 is 0 Å². The molecule has 0 aliphatic heterocycles. The third-order valence-electron chi connectivity index (χ3n) is 2.94. The Labute approximate surface area is 110 Å². The number of hydrogen-bond acceptors (Lipinski definition) is 6. The van der Waals surface area contributed by atoms with Gasteiger partial charge in [-0.15, -0.1) is 0 Å². The maximum Gasteiger partial charge on any atom is 0.114 e. The molecule has 0 saturated carbocycles. The van der Waals surface area contributed by atoms with E-state index in [9.17, 15) is 0 Å². The lowest BCUT2D eigenvalue weighted by atomic mass is 10.0. The number of nitrogens with one attached hydrogen (secondary N) is 1. The topological polar surface area (TPSA) is 58.2 Å². The molecule has 0 fully saturated rings. The van der Waals surface area contributed by atoms with Crippen molar-refractivity contribution in [3.05, 3.63) is 0 Å². The first-order chi connectivity index (χ1) is 8.69. The van der Waals surface area contributed by atoms with E-state index in [0.29, 0.717) is 13.2 Å². The zero-order chi connectivity index (χ0) is 14.0. The van der Waals surface area contributed by atoms with Gasteiger partial charge in [0.1, 0.15) is 18.3 Å². The fourth-order valence-electron chi connectivity index (χ4n) is 1.99. The van der Waals surface area contributed by atoms with Gasteiger partial charge in [-0.2, -0.15) is 0 Å². The second-order valence-electron chi connectivity index (χ2n) is 3.96. The molecule has 0 saturated heterocycles. The van der Waals surface area contributed by atoms with Gasteiger partial charge in [-0.3, -0.25) is 0 Å². The summed E-state index contributed by atoms with van der Waals surface area (Å²) in [4.78, 5) is 0. The average molecular weight is 265 g/mol. The number of rotatable bonds is 11. The quantitative estimate of drug-likeness (QED) is 0.563. The van der Waals surface area contributed by atoms with Crippen molar-refractivity contribution in [2.45, 2.75) is 24.4 Å². The van der Waals surface area contributed by atoms with Gasteiger partial charge in [-0.05, 0) is 7.05 Å². The predicted octanol–water partition coefficient (Wildman–Crippen LogP) is -0.0878. The van der Waals surface area contributed by atoms with Crippen molar-refractivity contribution in [1.82, 2.24) is 5.32 Å². The maximum absolute atomic E-state index is 5.51. The highest BCUT2D eigenvalue weighted by Gasteiger charge is 2.35. The summed E-state index contributed by atoms with van der Waals surface area (Å²) in [5, 5.41) is 3.07. The first-order valence-corrected chi connectivity index (χ1v) is 5.94. The fourth-order valence-corrected chi connectivity index (χ4v) is 1.99. The number of methoxy groups -OCH3 is 5. The highest BCUT2D eigenvalue weighted by atomic mass is 16.6. The summed E-state index contributed by atoms with van der Waals surface area (Å²) < 4.78 is 27.0. The van der Waals surface area contributed by atoms with Gasteiger partial charge in [-0.1, -0.05) is 0 Å². The summed E-state index contributed by atoms with van der Waals surface area (Å²) in [7, 11) is 10.0. The van der Waals surface area contributed by atoms with Crippen molar-refractivity contribution in [3.63, 3.8) is 0 Å². The first kappa shape index (κ1) is 17.8. The molecule has 0 aromatic carbocycles. The Bertz CT molecular complexity index is 173. The van der Waals surface area contributed by atoms with E-state index in [1.54, 1.807) is 35.5 Å². The van der Waals surface area contributed by atoms with Gasteiger partial charge in [0.2, 0.25) is 0 Å². The number of likely N-dealkylation sites (N-methyl/N-ethyl adjacent to an activating group) is 1. The van der Waals surface area contributed by atoms with E-state index >= 15 is 0 Å². The van der Waals surface area contributed by atoms with Gasteiger partial charge in [0.25, 0.3) is 0 Å². The Morgan fingerprint density at radius 2 is 1.28 bits per heavy atom. The van der Waals surface area contributed by atoms with Crippen LogP contribution in [0.3, 0.4) is 0 Å². The van der Waals surface area contributed by atoms with Gasteiger partial charge in [0, 0.05) is 42.1 Å². The Hall–Kier alpha value is -0.240. The summed E-state index contributed by atoms with van der Waals surface area (Å²) in [5.74, 6) is 0. The minimum absolute atomic E-state index is 0.126. The number of hydrogen-bond donors (Lipinski definition) is 1. The molecule has 0 aromatic heterocycles. The largest absolute Gasteiger partial charge is 0.382 e. The van der Waals surface area contributed by atoms with Crippen LogP contribution in [-0.2, 0) is 23.7 Å². The zero-order valence-electron chi connectivity index (χ0n) is 12.3. The molecule has 0 aromatic rings. The molecule has 6 heteroatoms. The second-order valence-corrected chi connectivity index (χ2v) is 3.96. The Morgan fingerprint density at radius 3 is 1.61 bits per heavy atom. The molecule has 6 nitrogen and oxygen atoms in total. The minimum atomic E-state index is -0.266. The third-order valence-corrected chi connectivity index (χ3v) is 2.94. The Kier molecular flexibility index (Phi) is 10.5. The lowest BCUT2D eigenvalue weighted by Crippen LogP contribution is -2.52. The van der Waals surface area contributed by atoms with Crippen LogP contribution in [-0.4, -0.2) is 80.2 Å². The van der Waals surface area contributed by atoms with Crippen LogP contribution in [0.15, 0.2) is 0 Å². The van der Waals surface area contributed by atoms with Crippen LogP contribution in [0, 0.1) is 0 Å². The van der Waals surface area contributed by atoms with Crippen LogP contribution in [0.25, 0.3) is 0 Å². The van der Waals surface area contributed by atoms with Gasteiger partial charge in [0.05, 0.1) is 12.7 Å². The molecule has 1 N–H and O–H groups in total. The van der Waals surface area contributed by atoms with Crippen LogP contribution in [0.4, 0.5) is 0 Å². The summed E-state index contributed by atoms with van der Waals surface area (Å²) in [6.07, 6.45) is -0.843. The molecule has 18 heavy (non-hydrogen) atoms. The lowest BCUT2D eigenvalue weighted by Gasteiger charge is -2.34. The molecule has 4 atom stereocenters. The molecule has 0 spiro atoms. The average Bonchev–Trinajstić information content (AvgIpc) is 2.40. The molecular formula is C12H27NO5. The number of ether oxygens (including phenoxy) is 5. The maximum atomic E-state index is 5.51. The van der Waals surface area contributed by atoms with E-state index in [1.807, 2.05) is 7.05 Å². The highest BCUT2D eigenvalue weighted by molar-refractivity contribution is 4.86. The molecule has 0 aliphatic rings. The van der Waals surface area contributed by atoms with Crippen molar-refractivity contribution in [3.8, 4) is 0 Å². The van der Waals surface area contributed by atoms with Crippen LogP contribution >= 0.6 is 0 Å². The smallest absolute Gasteiger partial charge is 0.114 e. The molecular weight excluding hydrogens is 238 g/mol. The summed E-state index contributed by atoms with van der Waals surface area (Å²) in [5.41, 5.74) is 0. The first-order valence-electron chi connectivity index (χ1n) is 5.94.